The third-order valence-corrected chi connectivity index (χ3v) is 4.83. The van der Waals surface area contributed by atoms with Crippen molar-refractivity contribution in [3.05, 3.63) is 65.5 Å². The molecule has 0 aliphatic carbocycles. The van der Waals surface area contributed by atoms with Crippen LogP contribution in [-0.2, 0) is 22.4 Å². The van der Waals surface area contributed by atoms with E-state index in [0.29, 0.717) is 19.5 Å². The maximum atomic E-state index is 13.0. The first-order valence-electron chi connectivity index (χ1n) is 8.97. The Bertz CT molecular complexity index is 789. The summed E-state index contributed by atoms with van der Waals surface area (Å²) in [6.07, 6.45) is 1.73. The second-order valence-electron chi connectivity index (χ2n) is 6.62. The van der Waals surface area contributed by atoms with Gasteiger partial charge in [-0.1, -0.05) is 37.3 Å². The molecule has 26 heavy (non-hydrogen) atoms. The standard InChI is InChI=1S/C21H23FN2O2/c1-2-16-5-3-4-6-19(16)23-21(26)17-13-20(25)24(14-17)12-11-15-7-9-18(22)10-8-15/h3-10,17H,2,11-14H2,1H3,(H,23,26). The van der Waals surface area contributed by atoms with E-state index in [9.17, 15) is 14.0 Å². The second-order valence-corrected chi connectivity index (χ2v) is 6.62. The van der Waals surface area contributed by atoms with Gasteiger partial charge in [0.2, 0.25) is 11.8 Å². The Balaban J connectivity index is 1.56. The molecule has 1 aliphatic heterocycles. The maximum Gasteiger partial charge on any atom is 0.229 e. The summed E-state index contributed by atoms with van der Waals surface area (Å²) in [7, 11) is 0. The number of carbonyl (C=O) groups is 2. The van der Waals surface area contributed by atoms with Gasteiger partial charge in [-0.3, -0.25) is 9.59 Å². The molecule has 0 spiro atoms. The number of nitrogens with one attached hydrogen (secondary N) is 1. The van der Waals surface area contributed by atoms with E-state index in [2.05, 4.69) is 5.32 Å². The number of likely N-dealkylation sites (tertiary alicyclic amines) is 1. The van der Waals surface area contributed by atoms with Gasteiger partial charge in [-0.15, -0.1) is 0 Å². The first-order chi connectivity index (χ1) is 12.6. The molecule has 2 amide bonds. The quantitative estimate of drug-likeness (QED) is 0.864. The van der Waals surface area contributed by atoms with E-state index in [1.807, 2.05) is 31.2 Å². The minimum Gasteiger partial charge on any atom is -0.342 e. The molecule has 0 aromatic heterocycles. The van der Waals surface area contributed by atoms with E-state index < -0.39 is 0 Å². The van der Waals surface area contributed by atoms with Crippen molar-refractivity contribution in [2.45, 2.75) is 26.2 Å². The summed E-state index contributed by atoms with van der Waals surface area (Å²) in [6, 6.07) is 14.0. The molecule has 2 aromatic rings. The van der Waals surface area contributed by atoms with E-state index in [0.717, 1.165) is 23.2 Å². The number of hydrogen-bond donors (Lipinski definition) is 1. The number of nitrogens with zero attached hydrogens (tertiary/aromatic N) is 1. The van der Waals surface area contributed by atoms with Gasteiger partial charge in [0.25, 0.3) is 0 Å². The largest absolute Gasteiger partial charge is 0.342 e. The molecule has 0 radical (unpaired) electrons. The molecule has 1 saturated heterocycles. The van der Waals surface area contributed by atoms with Crippen LogP contribution in [0.25, 0.3) is 0 Å². The summed E-state index contributed by atoms with van der Waals surface area (Å²) in [4.78, 5) is 26.5. The molecule has 3 rings (SSSR count). The lowest BCUT2D eigenvalue weighted by Crippen LogP contribution is -2.30. The van der Waals surface area contributed by atoms with Crippen molar-refractivity contribution in [1.82, 2.24) is 4.90 Å². The number of benzene rings is 2. The number of para-hydroxylation sites is 1. The second kappa shape index (κ2) is 8.13. The van der Waals surface area contributed by atoms with E-state index in [4.69, 9.17) is 0 Å². The van der Waals surface area contributed by atoms with Crippen LogP contribution in [0.3, 0.4) is 0 Å². The van der Waals surface area contributed by atoms with Gasteiger partial charge >= 0.3 is 0 Å². The van der Waals surface area contributed by atoms with Crippen molar-refractivity contribution in [3.63, 3.8) is 0 Å². The van der Waals surface area contributed by atoms with E-state index >= 15 is 0 Å². The van der Waals surface area contributed by atoms with Crippen LogP contribution in [0, 0.1) is 11.7 Å². The minimum atomic E-state index is -0.333. The molecule has 1 aliphatic rings. The van der Waals surface area contributed by atoms with Crippen LogP contribution >= 0.6 is 0 Å². The fourth-order valence-electron chi connectivity index (χ4n) is 3.26. The van der Waals surface area contributed by atoms with E-state index in [1.54, 1.807) is 17.0 Å². The number of halogens is 1. The van der Waals surface area contributed by atoms with Gasteiger partial charge in [-0.05, 0) is 42.2 Å². The Kier molecular flexibility index (Phi) is 5.66. The number of anilines is 1. The molecule has 1 N–H and O–H groups in total. The summed E-state index contributed by atoms with van der Waals surface area (Å²) in [5.41, 5.74) is 2.87. The van der Waals surface area contributed by atoms with Crippen LogP contribution in [0.4, 0.5) is 10.1 Å². The molecule has 1 atom stereocenters. The molecule has 136 valence electrons. The Morgan fingerprint density at radius 3 is 2.65 bits per heavy atom. The highest BCUT2D eigenvalue weighted by Crippen LogP contribution is 2.22. The first kappa shape index (κ1) is 18.1. The Morgan fingerprint density at radius 1 is 1.19 bits per heavy atom. The first-order valence-corrected chi connectivity index (χ1v) is 8.97. The van der Waals surface area contributed by atoms with Crippen molar-refractivity contribution in [1.29, 1.82) is 0 Å². The van der Waals surface area contributed by atoms with Crippen LogP contribution in [0.1, 0.15) is 24.5 Å². The summed E-state index contributed by atoms with van der Waals surface area (Å²) >= 11 is 0. The zero-order chi connectivity index (χ0) is 18.5. The molecular weight excluding hydrogens is 331 g/mol. The van der Waals surface area contributed by atoms with Crippen LogP contribution < -0.4 is 5.32 Å². The van der Waals surface area contributed by atoms with Gasteiger partial charge < -0.3 is 10.2 Å². The maximum absolute atomic E-state index is 13.0. The zero-order valence-corrected chi connectivity index (χ0v) is 14.9. The highest BCUT2D eigenvalue weighted by atomic mass is 19.1. The van der Waals surface area contributed by atoms with Crippen LogP contribution in [0.2, 0.25) is 0 Å². The number of hydrogen-bond acceptors (Lipinski definition) is 2. The summed E-state index contributed by atoms with van der Waals surface area (Å²) in [6.45, 7) is 3.02. The number of aryl methyl sites for hydroxylation is 1. The summed E-state index contributed by atoms with van der Waals surface area (Å²) in [5.74, 6) is -0.713. The van der Waals surface area contributed by atoms with E-state index in [1.165, 1.54) is 12.1 Å². The SMILES string of the molecule is CCc1ccccc1NC(=O)C1CC(=O)N(CCc2ccc(F)cc2)C1. The molecule has 4 nitrogen and oxygen atoms in total. The van der Waals surface area contributed by atoms with Gasteiger partial charge in [0.1, 0.15) is 5.82 Å². The van der Waals surface area contributed by atoms with Crippen LogP contribution in [0.15, 0.2) is 48.5 Å². The summed E-state index contributed by atoms with van der Waals surface area (Å²) < 4.78 is 13.0. The number of amides is 2. The lowest BCUT2D eigenvalue weighted by molar-refractivity contribution is -0.128. The van der Waals surface area contributed by atoms with Gasteiger partial charge in [0, 0.05) is 25.2 Å². The molecule has 2 aromatic carbocycles. The van der Waals surface area contributed by atoms with Gasteiger partial charge in [-0.25, -0.2) is 4.39 Å². The van der Waals surface area contributed by atoms with Crippen LogP contribution in [-0.4, -0.2) is 29.8 Å². The normalized spacial score (nSPS) is 16.8. The highest BCUT2D eigenvalue weighted by Gasteiger charge is 2.34. The smallest absolute Gasteiger partial charge is 0.229 e. The topological polar surface area (TPSA) is 49.4 Å². The lowest BCUT2D eigenvalue weighted by Gasteiger charge is -2.17. The third kappa shape index (κ3) is 4.28. The van der Waals surface area contributed by atoms with Gasteiger partial charge in [0.05, 0.1) is 5.92 Å². The fraction of sp³-hybridized carbons (Fsp3) is 0.333. The highest BCUT2D eigenvalue weighted by molar-refractivity contribution is 5.97. The molecule has 0 bridgehead atoms. The van der Waals surface area contributed by atoms with E-state index in [-0.39, 0.29) is 30.0 Å². The number of rotatable bonds is 6. The van der Waals surface area contributed by atoms with Crippen molar-refractivity contribution in [2.24, 2.45) is 5.92 Å². The number of carbonyl (C=O) groups excluding carboxylic acids is 2. The van der Waals surface area contributed by atoms with Crippen molar-refractivity contribution < 1.29 is 14.0 Å². The summed E-state index contributed by atoms with van der Waals surface area (Å²) in [5, 5.41) is 2.97. The average Bonchev–Trinajstić information content (AvgIpc) is 3.02. The predicted molar refractivity (Wildman–Crippen MR) is 99.2 cm³/mol. The monoisotopic (exact) mass is 354 g/mol. The molecule has 1 fully saturated rings. The van der Waals surface area contributed by atoms with Crippen LogP contribution in [0.5, 0.6) is 0 Å². The van der Waals surface area contributed by atoms with Gasteiger partial charge in [-0.2, -0.15) is 0 Å². The van der Waals surface area contributed by atoms with Crippen molar-refractivity contribution in [3.8, 4) is 0 Å². The molecular formula is C21H23FN2O2. The van der Waals surface area contributed by atoms with Crippen molar-refractivity contribution >= 4 is 17.5 Å². The Morgan fingerprint density at radius 2 is 1.92 bits per heavy atom. The zero-order valence-electron chi connectivity index (χ0n) is 14.9. The predicted octanol–water partition coefficient (Wildman–Crippen LogP) is 3.42. The minimum absolute atomic E-state index is 0.00367. The van der Waals surface area contributed by atoms with Crippen molar-refractivity contribution in [2.75, 3.05) is 18.4 Å². The molecule has 0 saturated carbocycles. The van der Waals surface area contributed by atoms with Gasteiger partial charge in [0.15, 0.2) is 0 Å². The lowest BCUT2D eigenvalue weighted by atomic mass is 10.1. The Hall–Kier alpha value is -2.69. The molecule has 1 heterocycles. The third-order valence-electron chi connectivity index (χ3n) is 4.83. The Labute approximate surface area is 153 Å². The fourth-order valence-corrected chi connectivity index (χ4v) is 3.26. The average molecular weight is 354 g/mol. The molecule has 1 unspecified atom stereocenters. The molecule has 5 heteroatoms.